The molecule has 2 unspecified atom stereocenters. The Kier molecular flexibility index (Phi) is 7.26. The molecule has 0 saturated heterocycles. The van der Waals surface area contributed by atoms with E-state index in [-0.39, 0.29) is 17.9 Å². The van der Waals surface area contributed by atoms with Gasteiger partial charge in [0.2, 0.25) is 5.91 Å². The van der Waals surface area contributed by atoms with E-state index in [1.54, 1.807) is 0 Å². The van der Waals surface area contributed by atoms with E-state index in [1.807, 2.05) is 19.1 Å². The van der Waals surface area contributed by atoms with Crippen molar-refractivity contribution in [1.29, 1.82) is 0 Å². The van der Waals surface area contributed by atoms with Gasteiger partial charge in [-0.05, 0) is 37.3 Å². The SMILES string of the molecule is CCC(CCC(C)C(=O)NN)OCc1ccccc1C. The van der Waals surface area contributed by atoms with Crippen LogP contribution in [0, 0.1) is 12.8 Å². The maximum absolute atomic E-state index is 11.4. The molecule has 0 bridgehead atoms. The molecule has 2 atom stereocenters. The maximum atomic E-state index is 11.4. The lowest BCUT2D eigenvalue weighted by Gasteiger charge is -2.18. The van der Waals surface area contributed by atoms with Gasteiger partial charge in [0.1, 0.15) is 0 Å². The predicted molar refractivity (Wildman–Crippen MR) is 80.8 cm³/mol. The molecular formula is C16H26N2O2. The van der Waals surface area contributed by atoms with Crippen LogP contribution >= 0.6 is 0 Å². The monoisotopic (exact) mass is 278 g/mol. The van der Waals surface area contributed by atoms with Crippen LogP contribution in [0.25, 0.3) is 0 Å². The fourth-order valence-corrected chi connectivity index (χ4v) is 2.09. The third-order valence-electron chi connectivity index (χ3n) is 3.70. The van der Waals surface area contributed by atoms with E-state index >= 15 is 0 Å². The third-order valence-corrected chi connectivity index (χ3v) is 3.70. The van der Waals surface area contributed by atoms with Crippen LogP contribution in [0.15, 0.2) is 24.3 Å². The highest BCUT2D eigenvalue weighted by Crippen LogP contribution is 2.16. The number of carbonyl (C=O) groups is 1. The van der Waals surface area contributed by atoms with Crippen LogP contribution < -0.4 is 11.3 Å². The molecule has 1 amide bonds. The average Bonchev–Trinajstić information content (AvgIpc) is 2.47. The van der Waals surface area contributed by atoms with Crippen molar-refractivity contribution in [3.05, 3.63) is 35.4 Å². The van der Waals surface area contributed by atoms with Gasteiger partial charge in [-0.25, -0.2) is 5.84 Å². The summed E-state index contributed by atoms with van der Waals surface area (Å²) in [5.41, 5.74) is 4.66. The molecule has 0 aliphatic heterocycles. The van der Waals surface area contributed by atoms with Crippen molar-refractivity contribution < 1.29 is 9.53 Å². The smallest absolute Gasteiger partial charge is 0.236 e. The molecule has 1 aromatic carbocycles. The Morgan fingerprint density at radius 1 is 1.35 bits per heavy atom. The zero-order valence-electron chi connectivity index (χ0n) is 12.7. The van der Waals surface area contributed by atoms with E-state index in [0.717, 1.165) is 19.3 Å². The molecular weight excluding hydrogens is 252 g/mol. The van der Waals surface area contributed by atoms with Crippen molar-refractivity contribution in [2.45, 2.75) is 52.7 Å². The first-order valence-electron chi connectivity index (χ1n) is 7.25. The van der Waals surface area contributed by atoms with Crippen molar-refractivity contribution in [3.63, 3.8) is 0 Å². The molecule has 0 radical (unpaired) electrons. The van der Waals surface area contributed by atoms with Crippen LogP contribution in [-0.4, -0.2) is 12.0 Å². The lowest BCUT2D eigenvalue weighted by atomic mass is 10.0. The number of nitrogens with two attached hydrogens (primary N) is 1. The lowest BCUT2D eigenvalue weighted by molar-refractivity contribution is -0.125. The molecule has 0 aliphatic carbocycles. The third kappa shape index (κ3) is 5.31. The zero-order valence-corrected chi connectivity index (χ0v) is 12.7. The van der Waals surface area contributed by atoms with Crippen LogP contribution in [0.3, 0.4) is 0 Å². The van der Waals surface area contributed by atoms with Crippen LogP contribution in [0.5, 0.6) is 0 Å². The summed E-state index contributed by atoms with van der Waals surface area (Å²) in [5, 5.41) is 0. The largest absolute Gasteiger partial charge is 0.374 e. The van der Waals surface area contributed by atoms with Crippen LogP contribution in [0.1, 0.15) is 44.2 Å². The number of rotatable bonds is 8. The summed E-state index contributed by atoms with van der Waals surface area (Å²) in [6.45, 7) is 6.71. The second-order valence-electron chi connectivity index (χ2n) is 5.25. The summed E-state index contributed by atoms with van der Waals surface area (Å²) in [6, 6.07) is 8.24. The van der Waals surface area contributed by atoms with Crippen molar-refractivity contribution >= 4 is 5.91 Å². The molecule has 1 rings (SSSR count). The number of aryl methyl sites for hydroxylation is 1. The fourth-order valence-electron chi connectivity index (χ4n) is 2.09. The molecule has 0 aliphatic rings. The van der Waals surface area contributed by atoms with Crippen molar-refractivity contribution in [2.75, 3.05) is 0 Å². The molecule has 4 heteroatoms. The van der Waals surface area contributed by atoms with Gasteiger partial charge in [0.15, 0.2) is 0 Å². The summed E-state index contributed by atoms with van der Waals surface area (Å²) in [4.78, 5) is 11.4. The number of carbonyl (C=O) groups excluding carboxylic acids is 1. The molecule has 4 nitrogen and oxygen atoms in total. The van der Waals surface area contributed by atoms with E-state index in [1.165, 1.54) is 11.1 Å². The van der Waals surface area contributed by atoms with E-state index in [9.17, 15) is 4.79 Å². The summed E-state index contributed by atoms with van der Waals surface area (Å²) in [6.07, 6.45) is 2.79. The average molecular weight is 278 g/mol. The van der Waals surface area contributed by atoms with E-state index in [4.69, 9.17) is 10.6 Å². The summed E-state index contributed by atoms with van der Waals surface area (Å²) in [7, 11) is 0. The Morgan fingerprint density at radius 2 is 2.05 bits per heavy atom. The second-order valence-corrected chi connectivity index (χ2v) is 5.25. The zero-order chi connectivity index (χ0) is 15.0. The minimum absolute atomic E-state index is 0.0730. The molecule has 20 heavy (non-hydrogen) atoms. The number of hydrogen-bond donors (Lipinski definition) is 2. The van der Waals surface area contributed by atoms with Crippen molar-refractivity contribution in [1.82, 2.24) is 5.43 Å². The molecule has 0 spiro atoms. The molecule has 3 N–H and O–H groups in total. The summed E-state index contributed by atoms with van der Waals surface area (Å²) in [5.74, 6) is 4.95. The molecule has 0 fully saturated rings. The Bertz CT molecular complexity index is 421. The quantitative estimate of drug-likeness (QED) is 0.436. The first kappa shape index (κ1) is 16.7. The lowest BCUT2D eigenvalue weighted by Crippen LogP contribution is -2.35. The first-order valence-corrected chi connectivity index (χ1v) is 7.25. The van der Waals surface area contributed by atoms with Gasteiger partial charge in [0.05, 0.1) is 12.7 Å². The minimum atomic E-state index is -0.112. The van der Waals surface area contributed by atoms with Crippen LogP contribution in [-0.2, 0) is 16.1 Å². The van der Waals surface area contributed by atoms with E-state index in [0.29, 0.717) is 6.61 Å². The van der Waals surface area contributed by atoms with Crippen LogP contribution in [0.4, 0.5) is 0 Å². The van der Waals surface area contributed by atoms with E-state index in [2.05, 4.69) is 31.4 Å². The minimum Gasteiger partial charge on any atom is -0.374 e. The predicted octanol–water partition coefficient (Wildman–Crippen LogP) is 2.70. The Labute approximate surface area is 121 Å². The molecule has 0 aromatic heterocycles. The highest BCUT2D eigenvalue weighted by molar-refractivity contribution is 5.77. The normalized spacial score (nSPS) is 13.8. The number of ether oxygens (including phenoxy) is 1. The number of hydrogen-bond acceptors (Lipinski definition) is 3. The number of nitrogens with one attached hydrogen (secondary N) is 1. The molecule has 0 saturated carbocycles. The maximum Gasteiger partial charge on any atom is 0.236 e. The Morgan fingerprint density at radius 3 is 2.65 bits per heavy atom. The van der Waals surface area contributed by atoms with Crippen molar-refractivity contribution in [3.8, 4) is 0 Å². The van der Waals surface area contributed by atoms with Gasteiger partial charge in [-0.3, -0.25) is 10.2 Å². The van der Waals surface area contributed by atoms with Gasteiger partial charge in [0, 0.05) is 5.92 Å². The van der Waals surface area contributed by atoms with Gasteiger partial charge in [0.25, 0.3) is 0 Å². The number of amides is 1. The topological polar surface area (TPSA) is 64.4 Å². The number of benzene rings is 1. The number of hydrazine groups is 1. The fraction of sp³-hybridized carbons (Fsp3) is 0.562. The van der Waals surface area contributed by atoms with Gasteiger partial charge >= 0.3 is 0 Å². The Hall–Kier alpha value is -1.39. The second kappa shape index (κ2) is 8.72. The van der Waals surface area contributed by atoms with Gasteiger partial charge < -0.3 is 4.74 Å². The van der Waals surface area contributed by atoms with Crippen LogP contribution in [0.2, 0.25) is 0 Å². The van der Waals surface area contributed by atoms with E-state index < -0.39 is 0 Å². The molecule has 0 heterocycles. The summed E-state index contributed by atoms with van der Waals surface area (Å²) < 4.78 is 5.96. The highest BCUT2D eigenvalue weighted by Gasteiger charge is 2.15. The standard InChI is InChI=1S/C16H26N2O2/c1-4-15(10-9-13(3)16(19)18-17)20-11-14-8-6-5-7-12(14)2/h5-8,13,15H,4,9-11,17H2,1-3H3,(H,18,19). The first-order chi connectivity index (χ1) is 9.58. The molecule has 1 aromatic rings. The van der Waals surface area contributed by atoms with Gasteiger partial charge in [-0.15, -0.1) is 0 Å². The summed E-state index contributed by atoms with van der Waals surface area (Å²) >= 11 is 0. The molecule has 112 valence electrons. The van der Waals surface area contributed by atoms with Crippen molar-refractivity contribution in [2.24, 2.45) is 11.8 Å². The van der Waals surface area contributed by atoms with Gasteiger partial charge in [-0.2, -0.15) is 0 Å². The highest BCUT2D eigenvalue weighted by atomic mass is 16.5. The Balaban J connectivity index is 2.40. The van der Waals surface area contributed by atoms with Gasteiger partial charge in [-0.1, -0.05) is 38.1 Å².